The standard InChI is InChI=1S/C17H28N4O3/c1-13(10-17(2)23-8-9-24-17)11-18-16(22)21-7-3-4-14(12-21)15-5-6-19-20-15/h5-6,13-14H,3-4,7-12H2,1-2H3,(H,18,22)(H,19,20)/t13-,14-/m0/s1. The summed E-state index contributed by atoms with van der Waals surface area (Å²) in [6.45, 7) is 7.57. The number of ether oxygens (including phenoxy) is 2. The smallest absolute Gasteiger partial charge is 0.317 e. The van der Waals surface area contributed by atoms with E-state index in [1.165, 1.54) is 0 Å². The lowest BCUT2D eigenvalue weighted by Crippen LogP contribution is -2.46. The number of hydrogen-bond acceptors (Lipinski definition) is 4. The molecule has 7 heteroatoms. The molecule has 24 heavy (non-hydrogen) atoms. The SMILES string of the molecule is C[C@H](CNC(=O)N1CCC[C@H](c2ccn[nH]2)C1)CC1(C)OCCO1. The summed E-state index contributed by atoms with van der Waals surface area (Å²) in [7, 11) is 0. The predicted octanol–water partition coefficient (Wildman–Crippen LogP) is 2.09. The summed E-state index contributed by atoms with van der Waals surface area (Å²) >= 11 is 0. The zero-order chi connectivity index (χ0) is 17.0. The van der Waals surface area contributed by atoms with Crippen molar-refractivity contribution in [1.82, 2.24) is 20.4 Å². The highest BCUT2D eigenvalue weighted by atomic mass is 16.7. The number of carbonyl (C=O) groups excluding carboxylic acids is 1. The minimum Gasteiger partial charge on any atom is -0.348 e. The molecule has 0 bridgehead atoms. The molecule has 0 spiro atoms. The number of nitrogens with zero attached hydrogens (tertiary/aromatic N) is 2. The van der Waals surface area contributed by atoms with Gasteiger partial charge in [0.05, 0.1) is 13.2 Å². The number of aromatic nitrogens is 2. The summed E-state index contributed by atoms with van der Waals surface area (Å²) < 4.78 is 11.3. The fourth-order valence-electron chi connectivity index (χ4n) is 3.66. The normalized spacial score (nSPS) is 24.8. The molecule has 2 aliphatic rings. The lowest BCUT2D eigenvalue weighted by atomic mass is 9.95. The molecule has 0 saturated carbocycles. The van der Waals surface area contributed by atoms with Gasteiger partial charge in [0, 0.05) is 43.9 Å². The van der Waals surface area contributed by atoms with Crippen LogP contribution in [0.5, 0.6) is 0 Å². The molecule has 2 aliphatic heterocycles. The first kappa shape index (κ1) is 17.2. The van der Waals surface area contributed by atoms with E-state index in [9.17, 15) is 4.79 Å². The van der Waals surface area contributed by atoms with Gasteiger partial charge in [0.25, 0.3) is 0 Å². The first-order valence-corrected chi connectivity index (χ1v) is 8.86. The molecular formula is C17H28N4O3. The highest BCUT2D eigenvalue weighted by Gasteiger charge is 2.33. The van der Waals surface area contributed by atoms with Gasteiger partial charge in [-0.1, -0.05) is 6.92 Å². The van der Waals surface area contributed by atoms with Gasteiger partial charge in [-0.3, -0.25) is 5.10 Å². The van der Waals surface area contributed by atoms with Gasteiger partial charge in [-0.25, -0.2) is 4.79 Å². The zero-order valence-electron chi connectivity index (χ0n) is 14.6. The number of amides is 2. The first-order valence-electron chi connectivity index (χ1n) is 8.86. The molecule has 134 valence electrons. The molecule has 7 nitrogen and oxygen atoms in total. The summed E-state index contributed by atoms with van der Waals surface area (Å²) in [5.74, 6) is 0.148. The van der Waals surface area contributed by atoms with E-state index < -0.39 is 5.79 Å². The number of H-pyrrole nitrogens is 1. The van der Waals surface area contributed by atoms with Gasteiger partial charge in [0.2, 0.25) is 0 Å². The lowest BCUT2D eigenvalue weighted by Gasteiger charge is -2.33. The molecule has 3 heterocycles. The summed E-state index contributed by atoms with van der Waals surface area (Å²) in [4.78, 5) is 14.4. The van der Waals surface area contributed by atoms with Crippen molar-refractivity contribution in [3.8, 4) is 0 Å². The van der Waals surface area contributed by atoms with Crippen molar-refractivity contribution in [1.29, 1.82) is 0 Å². The number of nitrogens with one attached hydrogen (secondary N) is 2. The highest BCUT2D eigenvalue weighted by molar-refractivity contribution is 5.74. The Morgan fingerprint density at radius 1 is 1.54 bits per heavy atom. The molecule has 2 amide bonds. The Hall–Kier alpha value is -1.60. The molecule has 3 rings (SSSR count). The third-order valence-electron chi connectivity index (χ3n) is 4.89. The third kappa shape index (κ3) is 4.27. The van der Waals surface area contributed by atoms with E-state index in [4.69, 9.17) is 9.47 Å². The molecule has 2 fully saturated rings. The number of likely N-dealkylation sites (tertiary alicyclic amines) is 1. The molecule has 2 atom stereocenters. The van der Waals surface area contributed by atoms with Gasteiger partial charge in [-0.2, -0.15) is 5.10 Å². The van der Waals surface area contributed by atoms with E-state index >= 15 is 0 Å². The molecule has 1 aromatic rings. The maximum Gasteiger partial charge on any atom is 0.317 e. The van der Waals surface area contributed by atoms with Crippen LogP contribution in [0.1, 0.15) is 44.7 Å². The van der Waals surface area contributed by atoms with Gasteiger partial charge in [0.15, 0.2) is 5.79 Å². The van der Waals surface area contributed by atoms with Crippen molar-refractivity contribution < 1.29 is 14.3 Å². The van der Waals surface area contributed by atoms with Crippen LogP contribution in [0.25, 0.3) is 0 Å². The van der Waals surface area contributed by atoms with Crippen molar-refractivity contribution in [3.63, 3.8) is 0 Å². The molecule has 2 N–H and O–H groups in total. The second-order valence-electron chi connectivity index (χ2n) is 7.12. The van der Waals surface area contributed by atoms with Crippen molar-refractivity contribution in [2.24, 2.45) is 5.92 Å². The van der Waals surface area contributed by atoms with E-state index in [0.29, 0.717) is 31.6 Å². The van der Waals surface area contributed by atoms with Crippen LogP contribution < -0.4 is 5.32 Å². The molecular weight excluding hydrogens is 308 g/mol. The van der Waals surface area contributed by atoms with E-state index in [1.807, 2.05) is 17.9 Å². The first-order chi connectivity index (χ1) is 11.6. The Morgan fingerprint density at radius 3 is 3.04 bits per heavy atom. The summed E-state index contributed by atoms with van der Waals surface area (Å²) in [5.41, 5.74) is 1.12. The molecule has 2 saturated heterocycles. The minimum absolute atomic E-state index is 0.0180. The van der Waals surface area contributed by atoms with Gasteiger partial charge in [-0.05, 0) is 31.7 Å². The van der Waals surface area contributed by atoms with Crippen LogP contribution in [0.2, 0.25) is 0 Å². The second-order valence-corrected chi connectivity index (χ2v) is 7.12. The van der Waals surface area contributed by atoms with E-state index in [1.54, 1.807) is 6.20 Å². The van der Waals surface area contributed by atoms with Crippen LogP contribution in [0.3, 0.4) is 0 Å². The average Bonchev–Trinajstić information content (AvgIpc) is 3.24. The van der Waals surface area contributed by atoms with Crippen molar-refractivity contribution >= 4 is 6.03 Å². The van der Waals surface area contributed by atoms with Gasteiger partial charge >= 0.3 is 6.03 Å². The van der Waals surface area contributed by atoms with Crippen molar-refractivity contribution in [3.05, 3.63) is 18.0 Å². The number of carbonyl (C=O) groups is 1. The molecule has 0 aromatic carbocycles. The summed E-state index contributed by atoms with van der Waals surface area (Å²) in [6.07, 6.45) is 4.66. The van der Waals surface area contributed by atoms with Gasteiger partial charge < -0.3 is 19.7 Å². The predicted molar refractivity (Wildman–Crippen MR) is 89.6 cm³/mol. The molecule has 1 aromatic heterocycles. The number of aromatic amines is 1. The van der Waals surface area contributed by atoms with Crippen LogP contribution in [0.15, 0.2) is 12.3 Å². The van der Waals surface area contributed by atoms with Gasteiger partial charge in [-0.15, -0.1) is 0 Å². The number of piperidine rings is 1. The van der Waals surface area contributed by atoms with Crippen LogP contribution >= 0.6 is 0 Å². The number of urea groups is 1. The zero-order valence-corrected chi connectivity index (χ0v) is 14.6. The maximum atomic E-state index is 12.5. The Balaban J connectivity index is 1.44. The van der Waals surface area contributed by atoms with Crippen LogP contribution in [-0.4, -0.2) is 59.8 Å². The van der Waals surface area contributed by atoms with Gasteiger partial charge in [0.1, 0.15) is 0 Å². The fourth-order valence-corrected chi connectivity index (χ4v) is 3.66. The largest absolute Gasteiger partial charge is 0.348 e. The minimum atomic E-state index is -0.499. The molecule has 0 radical (unpaired) electrons. The van der Waals surface area contributed by atoms with Crippen LogP contribution in [0, 0.1) is 5.92 Å². The topological polar surface area (TPSA) is 79.5 Å². The monoisotopic (exact) mass is 336 g/mol. The van der Waals surface area contributed by atoms with Crippen LogP contribution in [-0.2, 0) is 9.47 Å². The van der Waals surface area contributed by atoms with Crippen molar-refractivity contribution in [2.75, 3.05) is 32.8 Å². The summed E-state index contributed by atoms with van der Waals surface area (Å²) in [5, 5.41) is 10.1. The number of hydrogen-bond donors (Lipinski definition) is 2. The lowest BCUT2D eigenvalue weighted by molar-refractivity contribution is -0.153. The highest BCUT2D eigenvalue weighted by Crippen LogP contribution is 2.27. The maximum absolute atomic E-state index is 12.5. The third-order valence-corrected chi connectivity index (χ3v) is 4.89. The number of rotatable bonds is 5. The molecule has 0 aliphatic carbocycles. The van der Waals surface area contributed by atoms with Crippen LogP contribution in [0.4, 0.5) is 4.79 Å². The Labute approximate surface area is 143 Å². The Bertz CT molecular complexity index is 528. The quantitative estimate of drug-likeness (QED) is 0.863. The van der Waals surface area contributed by atoms with E-state index in [2.05, 4.69) is 22.4 Å². The summed E-state index contributed by atoms with van der Waals surface area (Å²) in [6, 6.07) is 2.01. The second kappa shape index (κ2) is 7.53. The van der Waals surface area contributed by atoms with E-state index in [0.717, 1.165) is 38.0 Å². The average molecular weight is 336 g/mol. The fraction of sp³-hybridized carbons (Fsp3) is 0.765. The van der Waals surface area contributed by atoms with Crippen molar-refractivity contribution in [2.45, 2.75) is 44.8 Å². The molecule has 0 unspecified atom stereocenters. The Morgan fingerprint density at radius 2 is 2.33 bits per heavy atom. The Kier molecular flexibility index (Phi) is 5.40. The van der Waals surface area contributed by atoms with E-state index in [-0.39, 0.29) is 6.03 Å².